The van der Waals surface area contributed by atoms with Crippen molar-refractivity contribution in [2.24, 2.45) is 0 Å². The monoisotopic (exact) mass is 299 g/mol. The van der Waals surface area contributed by atoms with Crippen LogP contribution in [0, 0.1) is 6.92 Å². The fourth-order valence-corrected chi connectivity index (χ4v) is 2.53. The molecule has 2 rings (SSSR count). The summed E-state index contributed by atoms with van der Waals surface area (Å²) in [4.78, 5) is 24.1. The highest BCUT2D eigenvalue weighted by atomic mass is 32.2. The largest absolute Gasteiger partial charge is 0.325 e. The minimum absolute atomic E-state index is 0.0371. The van der Waals surface area contributed by atoms with Crippen LogP contribution in [0.2, 0.25) is 0 Å². The second kappa shape index (κ2) is 7.09. The van der Waals surface area contributed by atoms with Crippen LogP contribution in [0.15, 0.2) is 53.4 Å². The molecule has 2 aromatic rings. The minimum Gasteiger partial charge on any atom is -0.325 e. The van der Waals surface area contributed by atoms with Crippen molar-refractivity contribution in [2.45, 2.75) is 18.7 Å². The fourth-order valence-electron chi connectivity index (χ4n) is 1.83. The van der Waals surface area contributed by atoms with Crippen molar-refractivity contribution in [1.82, 2.24) is 0 Å². The molecule has 108 valence electrons. The van der Waals surface area contributed by atoms with Gasteiger partial charge in [-0.15, -0.1) is 11.8 Å². The molecule has 0 aliphatic carbocycles. The van der Waals surface area contributed by atoms with Gasteiger partial charge in [-0.3, -0.25) is 9.59 Å². The Balaban J connectivity index is 1.89. The number of ketones is 1. The smallest absolute Gasteiger partial charge is 0.234 e. The number of benzene rings is 2. The number of anilines is 1. The number of para-hydroxylation sites is 1. The van der Waals surface area contributed by atoms with E-state index in [1.54, 1.807) is 12.1 Å². The Labute approximate surface area is 128 Å². The molecule has 2 aromatic carbocycles. The van der Waals surface area contributed by atoms with Gasteiger partial charge < -0.3 is 5.32 Å². The number of rotatable bonds is 5. The number of Topliss-reactive ketones (excluding diaryl/α,β-unsaturated/α-hetero) is 1. The number of aryl methyl sites for hydroxylation is 1. The summed E-state index contributed by atoms with van der Waals surface area (Å²) in [5.41, 5.74) is 2.57. The molecular weight excluding hydrogens is 282 g/mol. The van der Waals surface area contributed by atoms with Gasteiger partial charge in [-0.25, -0.2) is 0 Å². The molecular formula is C17H17NO2S. The van der Waals surface area contributed by atoms with Crippen molar-refractivity contribution in [2.75, 3.05) is 11.1 Å². The predicted octanol–water partition coefficient (Wildman–Crippen LogP) is 3.93. The van der Waals surface area contributed by atoms with Gasteiger partial charge >= 0.3 is 0 Å². The summed E-state index contributed by atoms with van der Waals surface area (Å²) in [5, 5.41) is 2.90. The molecule has 0 heterocycles. The van der Waals surface area contributed by atoms with E-state index in [0.29, 0.717) is 11.3 Å². The van der Waals surface area contributed by atoms with Crippen LogP contribution in [-0.4, -0.2) is 17.4 Å². The van der Waals surface area contributed by atoms with Gasteiger partial charge in [-0.05, 0) is 37.6 Å². The Morgan fingerprint density at radius 2 is 1.71 bits per heavy atom. The summed E-state index contributed by atoms with van der Waals surface area (Å²) in [7, 11) is 0. The maximum Gasteiger partial charge on any atom is 0.234 e. The number of hydrogen-bond donors (Lipinski definition) is 1. The number of hydrogen-bond acceptors (Lipinski definition) is 3. The fraction of sp³-hybridized carbons (Fsp3) is 0.176. The normalized spacial score (nSPS) is 10.2. The summed E-state index contributed by atoms with van der Waals surface area (Å²) >= 11 is 1.45. The van der Waals surface area contributed by atoms with Crippen LogP contribution in [0.4, 0.5) is 5.69 Å². The van der Waals surface area contributed by atoms with Crippen LogP contribution >= 0.6 is 11.8 Å². The number of carbonyl (C=O) groups is 2. The minimum atomic E-state index is -0.0371. The SMILES string of the molecule is CC(=O)c1ccc(SCC(=O)Nc2ccccc2C)cc1. The first-order chi connectivity index (χ1) is 10.1. The lowest BCUT2D eigenvalue weighted by atomic mass is 10.2. The molecule has 0 fully saturated rings. The van der Waals surface area contributed by atoms with Gasteiger partial charge in [0.05, 0.1) is 5.75 Å². The molecule has 0 saturated heterocycles. The summed E-state index contributed by atoms with van der Waals surface area (Å²) in [6.07, 6.45) is 0. The van der Waals surface area contributed by atoms with Crippen molar-refractivity contribution >= 4 is 29.1 Å². The van der Waals surface area contributed by atoms with E-state index in [-0.39, 0.29) is 11.7 Å². The van der Waals surface area contributed by atoms with E-state index in [4.69, 9.17) is 0 Å². The van der Waals surface area contributed by atoms with E-state index in [2.05, 4.69) is 5.32 Å². The molecule has 0 atom stereocenters. The molecule has 4 heteroatoms. The molecule has 0 saturated carbocycles. The summed E-state index contributed by atoms with van der Waals surface area (Å²) < 4.78 is 0. The van der Waals surface area contributed by atoms with Crippen LogP contribution in [0.1, 0.15) is 22.8 Å². The van der Waals surface area contributed by atoms with Crippen molar-refractivity contribution in [3.05, 3.63) is 59.7 Å². The summed E-state index contributed by atoms with van der Waals surface area (Å²) in [5.74, 6) is 0.349. The number of amides is 1. The lowest BCUT2D eigenvalue weighted by Crippen LogP contribution is -2.14. The third-order valence-electron chi connectivity index (χ3n) is 3.05. The van der Waals surface area contributed by atoms with Gasteiger partial charge in [0, 0.05) is 16.1 Å². The zero-order valence-electron chi connectivity index (χ0n) is 12.1. The van der Waals surface area contributed by atoms with Crippen molar-refractivity contribution < 1.29 is 9.59 Å². The standard InChI is InChI=1S/C17H17NO2S/c1-12-5-3-4-6-16(12)18-17(20)11-21-15-9-7-14(8-10-15)13(2)19/h3-10H,11H2,1-2H3,(H,18,20). The highest BCUT2D eigenvalue weighted by molar-refractivity contribution is 8.00. The van der Waals surface area contributed by atoms with E-state index >= 15 is 0 Å². The molecule has 3 nitrogen and oxygen atoms in total. The first kappa shape index (κ1) is 15.3. The van der Waals surface area contributed by atoms with E-state index in [1.165, 1.54) is 18.7 Å². The van der Waals surface area contributed by atoms with E-state index in [9.17, 15) is 9.59 Å². The Hall–Kier alpha value is -2.07. The highest BCUT2D eigenvalue weighted by Crippen LogP contribution is 2.20. The van der Waals surface area contributed by atoms with Gasteiger partial charge in [0.15, 0.2) is 5.78 Å². The third-order valence-corrected chi connectivity index (χ3v) is 4.06. The third kappa shape index (κ3) is 4.46. The average Bonchev–Trinajstić information content (AvgIpc) is 2.48. The molecule has 0 unspecified atom stereocenters. The first-order valence-corrected chi connectivity index (χ1v) is 7.64. The lowest BCUT2D eigenvalue weighted by molar-refractivity contribution is -0.113. The molecule has 21 heavy (non-hydrogen) atoms. The van der Waals surface area contributed by atoms with Crippen LogP contribution in [-0.2, 0) is 4.79 Å². The van der Waals surface area contributed by atoms with Crippen molar-refractivity contribution in [3.8, 4) is 0 Å². The van der Waals surface area contributed by atoms with Crippen LogP contribution in [0.3, 0.4) is 0 Å². The van der Waals surface area contributed by atoms with Crippen LogP contribution < -0.4 is 5.32 Å². The second-order valence-corrected chi connectivity index (χ2v) is 5.78. The average molecular weight is 299 g/mol. The second-order valence-electron chi connectivity index (χ2n) is 4.73. The Morgan fingerprint density at radius 1 is 1.05 bits per heavy atom. The Kier molecular flexibility index (Phi) is 5.17. The van der Waals surface area contributed by atoms with E-state index < -0.39 is 0 Å². The summed E-state index contributed by atoms with van der Waals surface area (Å²) in [6.45, 7) is 3.50. The number of nitrogens with one attached hydrogen (secondary N) is 1. The zero-order valence-corrected chi connectivity index (χ0v) is 12.9. The Morgan fingerprint density at radius 3 is 2.33 bits per heavy atom. The van der Waals surface area contributed by atoms with Crippen molar-refractivity contribution in [3.63, 3.8) is 0 Å². The topological polar surface area (TPSA) is 46.2 Å². The quantitative estimate of drug-likeness (QED) is 0.672. The van der Waals surface area contributed by atoms with Crippen LogP contribution in [0.5, 0.6) is 0 Å². The molecule has 0 aliphatic rings. The summed E-state index contributed by atoms with van der Waals surface area (Å²) in [6, 6.07) is 15.0. The molecule has 0 radical (unpaired) electrons. The molecule has 1 N–H and O–H groups in total. The van der Waals surface area contributed by atoms with Gasteiger partial charge in [0.2, 0.25) is 5.91 Å². The predicted molar refractivity (Wildman–Crippen MR) is 87.0 cm³/mol. The van der Waals surface area contributed by atoms with Gasteiger partial charge in [-0.1, -0.05) is 30.3 Å². The number of thioether (sulfide) groups is 1. The van der Waals surface area contributed by atoms with E-state index in [0.717, 1.165) is 16.1 Å². The highest BCUT2D eigenvalue weighted by Gasteiger charge is 2.06. The molecule has 1 amide bonds. The molecule has 0 spiro atoms. The zero-order chi connectivity index (χ0) is 15.2. The van der Waals surface area contributed by atoms with Gasteiger partial charge in [0.25, 0.3) is 0 Å². The molecule has 0 aromatic heterocycles. The molecule has 0 bridgehead atoms. The van der Waals surface area contributed by atoms with Gasteiger partial charge in [-0.2, -0.15) is 0 Å². The number of carbonyl (C=O) groups excluding carboxylic acids is 2. The Bertz CT molecular complexity index is 650. The molecule has 0 aliphatic heterocycles. The lowest BCUT2D eigenvalue weighted by Gasteiger charge is -2.08. The van der Waals surface area contributed by atoms with E-state index in [1.807, 2.05) is 43.3 Å². The van der Waals surface area contributed by atoms with Crippen LogP contribution in [0.25, 0.3) is 0 Å². The van der Waals surface area contributed by atoms with Crippen molar-refractivity contribution in [1.29, 1.82) is 0 Å². The maximum atomic E-state index is 11.9. The van der Waals surface area contributed by atoms with Gasteiger partial charge in [0.1, 0.15) is 0 Å². The first-order valence-electron chi connectivity index (χ1n) is 6.65. The maximum absolute atomic E-state index is 11.9.